The van der Waals surface area contributed by atoms with E-state index in [2.05, 4.69) is 25.7 Å². The first-order chi connectivity index (χ1) is 14.1. The molecule has 0 aromatic carbocycles. The minimum absolute atomic E-state index is 0.299. The Labute approximate surface area is 176 Å². The molecule has 2 aliphatic rings. The van der Waals surface area contributed by atoms with Crippen LogP contribution in [0.15, 0.2) is 12.2 Å². The van der Waals surface area contributed by atoms with Crippen LogP contribution in [0, 0.1) is 5.92 Å². The van der Waals surface area contributed by atoms with Gasteiger partial charge in [0.25, 0.3) is 0 Å². The number of carboxylic acids is 2. The highest BCUT2D eigenvalue weighted by atomic mass is 16.6. The van der Waals surface area contributed by atoms with E-state index >= 15 is 0 Å². The topological polar surface area (TPSA) is 134 Å². The Kier molecular flexibility index (Phi) is 10.3. The van der Waals surface area contributed by atoms with E-state index in [9.17, 15) is 19.2 Å². The third-order valence-electron chi connectivity index (χ3n) is 5.14. The number of aliphatic carboxylic acids is 2. The molecule has 2 unspecified atom stereocenters. The average molecular weight is 428 g/mol. The molecule has 0 aromatic heterocycles. The quantitative estimate of drug-likeness (QED) is 0.587. The van der Waals surface area contributed by atoms with Crippen LogP contribution in [-0.2, 0) is 19.1 Å². The lowest BCUT2D eigenvalue weighted by molar-refractivity contribution is -0.134. The number of carboxylic acid groups (broad SMARTS) is 2. The SMILES string of the molecule is CCN(CC)CCOC(=O)N1CC2(CCCC(C)C2)OC1=O.O=C(O)/C=C\C(=O)O. The third kappa shape index (κ3) is 8.40. The molecular weight excluding hydrogens is 396 g/mol. The van der Waals surface area contributed by atoms with Crippen LogP contribution in [0.1, 0.15) is 46.5 Å². The zero-order valence-corrected chi connectivity index (χ0v) is 17.8. The van der Waals surface area contributed by atoms with Crippen molar-refractivity contribution in [2.24, 2.45) is 5.92 Å². The van der Waals surface area contributed by atoms with Crippen LogP contribution in [0.25, 0.3) is 0 Å². The molecule has 1 aliphatic heterocycles. The predicted molar refractivity (Wildman–Crippen MR) is 107 cm³/mol. The molecule has 10 nitrogen and oxygen atoms in total. The fourth-order valence-electron chi connectivity index (χ4n) is 3.63. The van der Waals surface area contributed by atoms with Gasteiger partial charge in [-0.05, 0) is 38.3 Å². The van der Waals surface area contributed by atoms with Crippen molar-refractivity contribution in [2.75, 3.05) is 32.8 Å². The van der Waals surface area contributed by atoms with Crippen LogP contribution in [-0.4, -0.2) is 82.5 Å². The summed E-state index contributed by atoms with van der Waals surface area (Å²) in [7, 11) is 0. The maximum atomic E-state index is 12.1. The summed E-state index contributed by atoms with van der Waals surface area (Å²) in [6.07, 6.45) is 3.86. The number of hydrogen-bond acceptors (Lipinski definition) is 7. The van der Waals surface area contributed by atoms with E-state index in [0.29, 0.717) is 37.8 Å². The summed E-state index contributed by atoms with van der Waals surface area (Å²) < 4.78 is 10.8. The molecule has 2 N–H and O–H groups in total. The fraction of sp³-hybridized carbons (Fsp3) is 0.700. The minimum Gasteiger partial charge on any atom is -0.478 e. The Hall–Kier alpha value is -2.62. The third-order valence-corrected chi connectivity index (χ3v) is 5.14. The van der Waals surface area contributed by atoms with Crippen LogP contribution in [0.2, 0.25) is 0 Å². The number of ether oxygens (including phenoxy) is 2. The molecule has 2 rings (SSSR count). The first kappa shape index (κ1) is 25.4. The van der Waals surface area contributed by atoms with Crippen molar-refractivity contribution in [3.05, 3.63) is 12.2 Å². The number of carbonyl (C=O) groups is 4. The molecule has 170 valence electrons. The van der Waals surface area contributed by atoms with Crippen LogP contribution >= 0.6 is 0 Å². The van der Waals surface area contributed by atoms with Gasteiger partial charge in [-0.3, -0.25) is 0 Å². The first-order valence-electron chi connectivity index (χ1n) is 10.2. The summed E-state index contributed by atoms with van der Waals surface area (Å²) in [5.74, 6) is -1.99. The van der Waals surface area contributed by atoms with Crippen molar-refractivity contribution in [3.8, 4) is 0 Å². The standard InChI is InChI=1S/C16H28N2O4.C4H4O4/c1-4-17(5-2)9-10-21-14(19)18-12-16(22-15(18)20)8-6-7-13(3)11-16;5-3(6)1-2-4(7)8/h13H,4-12H2,1-3H3;1-2H,(H,5,6)(H,7,8)/b;2-1-. The number of hydrogen-bond donors (Lipinski definition) is 2. The van der Waals surface area contributed by atoms with Gasteiger partial charge >= 0.3 is 24.1 Å². The minimum atomic E-state index is -1.26. The van der Waals surface area contributed by atoms with Crippen molar-refractivity contribution in [3.63, 3.8) is 0 Å². The van der Waals surface area contributed by atoms with Gasteiger partial charge in [0.05, 0.1) is 6.54 Å². The van der Waals surface area contributed by atoms with Crippen LogP contribution in [0.5, 0.6) is 0 Å². The Bertz CT molecular complexity index is 631. The summed E-state index contributed by atoms with van der Waals surface area (Å²) >= 11 is 0. The molecule has 1 saturated carbocycles. The Morgan fingerprint density at radius 1 is 1.23 bits per heavy atom. The van der Waals surface area contributed by atoms with E-state index in [-0.39, 0.29) is 0 Å². The van der Waals surface area contributed by atoms with Gasteiger partial charge in [-0.1, -0.05) is 27.2 Å². The van der Waals surface area contributed by atoms with E-state index in [1.54, 1.807) is 0 Å². The molecule has 0 radical (unpaired) electrons. The van der Waals surface area contributed by atoms with E-state index in [1.165, 1.54) is 0 Å². The molecular formula is C20H32N2O8. The number of amides is 2. The summed E-state index contributed by atoms with van der Waals surface area (Å²) in [6.45, 7) is 9.45. The van der Waals surface area contributed by atoms with Crippen LogP contribution in [0.4, 0.5) is 9.59 Å². The smallest absolute Gasteiger partial charge is 0.420 e. The largest absolute Gasteiger partial charge is 0.478 e. The number of carbonyl (C=O) groups excluding carboxylic acids is 2. The van der Waals surface area contributed by atoms with Gasteiger partial charge in [0.15, 0.2) is 0 Å². The van der Waals surface area contributed by atoms with Crippen molar-refractivity contribution in [2.45, 2.75) is 52.1 Å². The molecule has 30 heavy (non-hydrogen) atoms. The Morgan fingerprint density at radius 2 is 1.83 bits per heavy atom. The summed E-state index contributed by atoms with van der Waals surface area (Å²) in [4.78, 5) is 46.5. The zero-order chi connectivity index (χ0) is 22.7. The molecule has 1 aliphatic carbocycles. The molecule has 0 aromatic rings. The average Bonchev–Trinajstić information content (AvgIpc) is 2.99. The van der Waals surface area contributed by atoms with Gasteiger partial charge in [0.1, 0.15) is 12.2 Å². The Morgan fingerprint density at radius 3 is 2.33 bits per heavy atom. The zero-order valence-electron chi connectivity index (χ0n) is 17.8. The number of likely N-dealkylation sites (N-methyl/N-ethyl adjacent to an activating group) is 1. The van der Waals surface area contributed by atoms with Gasteiger partial charge in [0.2, 0.25) is 0 Å². The highest BCUT2D eigenvalue weighted by Gasteiger charge is 2.49. The molecule has 1 saturated heterocycles. The van der Waals surface area contributed by atoms with E-state index in [1.807, 2.05) is 0 Å². The highest BCUT2D eigenvalue weighted by molar-refractivity contribution is 5.90. The first-order valence-corrected chi connectivity index (χ1v) is 10.2. The van der Waals surface area contributed by atoms with E-state index in [0.717, 1.165) is 43.7 Å². The summed E-state index contributed by atoms with van der Waals surface area (Å²) in [5, 5.41) is 15.6. The van der Waals surface area contributed by atoms with Crippen molar-refractivity contribution in [1.82, 2.24) is 9.80 Å². The van der Waals surface area contributed by atoms with Crippen molar-refractivity contribution >= 4 is 24.1 Å². The van der Waals surface area contributed by atoms with E-state index < -0.39 is 29.7 Å². The van der Waals surface area contributed by atoms with Gasteiger partial charge in [-0.25, -0.2) is 24.1 Å². The molecule has 0 bridgehead atoms. The summed E-state index contributed by atoms with van der Waals surface area (Å²) in [5.41, 5.74) is -0.480. The lowest BCUT2D eigenvalue weighted by atomic mass is 9.79. The Balaban J connectivity index is 0.000000479. The predicted octanol–water partition coefficient (Wildman–Crippen LogP) is 2.58. The van der Waals surface area contributed by atoms with E-state index in [4.69, 9.17) is 19.7 Å². The molecule has 1 heterocycles. The maximum absolute atomic E-state index is 12.1. The molecule has 2 atom stereocenters. The lowest BCUT2D eigenvalue weighted by Gasteiger charge is -2.34. The monoisotopic (exact) mass is 428 g/mol. The summed E-state index contributed by atoms with van der Waals surface area (Å²) in [6, 6.07) is 0. The second-order valence-electron chi connectivity index (χ2n) is 7.49. The molecule has 2 amide bonds. The fourth-order valence-corrected chi connectivity index (χ4v) is 3.63. The molecule has 10 heteroatoms. The highest BCUT2D eigenvalue weighted by Crippen LogP contribution is 2.39. The van der Waals surface area contributed by atoms with Gasteiger partial charge in [-0.15, -0.1) is 0 Å². The lowest BCUT2D eigenvalue weighted by Crippen LogP contribution is -2.41. The van der Waals surface area contributed by atoms with Gasteiger partial charge in [-0.2, -0.15) is 0 Å². The van der Waals surface area contributed by atoms with Crippen LogP contribution in [0.3, 0.4) is 0 Å². The maximum Gasteiger partial charge on any atom is 0.420 e. The number of nitrogens with zero attached hydrogens (tertiary/aromatic N) is 2. The second-order valence-corrected chi connectivity index (χ2v) is 7.49. The van der Waals surface area contributed by atoms with Crippen molar-refractivity contribution < 1.29 is 38.9 Å². The molecule has 2 fully saturated rings. The number of rotatable bonds is 7. The number of imide groups is 1. The van der Waals surface area contributed by atoms with Crippen LogP contribution < -0.4 is 0 Å². The van der Waals surface area contributed by atoms with Crippen molar-refractivity contribution in [1.29, 1.82) is 0 Å². The normalized spacial score (nSPS) is 23.3. The second kappa shape index (κ2) is 12.2. The van der Waals surface area contributed by atoms with Gasteiger partial charge in [0, 0.05) is 18.7 Å². The van der Waals surface area contributed by atoms with Gasteiger partial charge < -0.3 is 24.6 Å². The molecule has 1 spiro atoms.